The summed E-state index contributed by atoms with van der Waals surface area (Å²) in [6.07, 6.45) is 6.49. The first-order chi connectivity index (χ1) is 7.88. The highest BCUT2D eigenvalue weighted by molar-refractivity contribution is 5.85. The topological polar surface area (TPSA) is 21.3 Å². The summed E-state index contributed by atoms with van der Waals surface area (Å²) in [5, 5.41) is 3.63. The number of hydrogen-bond acceptors (Lipinski definition) is 2. The van der Waals surface area contributed by atoms with Crippen LogP contribution in [0.4, 0.5) is 0 Å². The van der Waals surface area contributed by atoms with E-state index in [0.29, 0.717) is 6.04 Å². The first-order valence-electron chi connectivity index (χ1n) is 6.25. The normalized spacial score (nSPS) is 20.2. The van der Waals surface area contributed by atoms with Gasteiger partial charge in [-0.25, -0.2) is 0 Å². The molecule has 1 unspecified atom stereocenters. The van der Waals surface area contributed by atoms with Gasteiger partial charge in [-0.2, -0.15) is 0 Å². The third-order valence-corrected chi connectivity index (χ3v) is 3.28. The molecule has 0 bridgehead atoms. The second kappa shape index (κ2) is 7.57. The summed E-state index contributed by atoms with van der Waals surface area (Å²) < 4.78 is 5.25. The fraction of sp³-hybridized carbons (Fsp3) is 0.571. The standard InChI is InChI=1S/C14H21NO.ClH/c1-16-14-8-5-6-12(11-14)10-13-7-3-2-4-9-15-13;/h5-6,8,11,13,15H,2-4,7,9-10H2,1H3;1H. The quantitative estimate of drug-likeness (QED) is 0.896. The lowest BCUT2D eigenvalue weighted by Gasteiger charge is -2.16. The van der Waals surface area contributed by atoms with E-state index in [0.717, 1.165) is 12.2 Å². The second-order valence-corrected chi connectivity index (χ2v) is 4.56. The molecule has 0 spiro atoms. The summed E-state index contributed by atoms with van der Waals surface area (Å²) in [6.45, 7) is 1.18. The number of rotatable bonds is 3. The molecule has 1 aliphatic heterocycles. The molecule has 0 amide bonds. The Morgan fingerprint density at radius 2 is 2.18 bits per heavy atom. The molecule has 1 aromatic carbocycles. The molecular weight excluding hydrogens is 234 g/mol. The summed E-state index contributed by atoms with van der Waals surface area (Å²) in [5.74, 6) is 0.964. The van der Waals surface area contributed by atoms with E-state index in [-0.39, 0.29) is 12.4 Å². The van der Waals surface area contributed by atoms with Crippen LogP contribution in [0.1, 0.15) is 31.2 Å². The highest BCUT2D eigenvalue weighted by atomic mass is 35.5. The van der Waals surface area contributed by atoms with Crippen molar-refractivity contribution < 1.29 is 4.74 Å². The van der Waals surface area contributed by atoms with Crippen LogP contribution in [0, 0.1) is 0 Å². The van der Waals surface area contributed by atoms with Gasteiger partial charge in [0.15, 0.2) is 0 Å². The highest BCUT2D eigenvalue weighted by Crippen LogP contribution is 2.17. The van der Waals surface area contributed by atoms with Crippen LogP contribution >= 0.6 is 12.4 Å². The molecule has 1 atom stereocenters. The van der Waals surface area contributed by atoms with Crippen molar-refractivity contribution in [2.24, 2.45) is 0 Å². The molecule has 1 fully saturated rings. The molecule has 3 heteroatoms. The maximum Gasteiger partial charge on any atom is 0.119 e. The van der Waals surface area contributed by atoms with Gasteiger partial charge >= 0.3 is 0 Å². The molecule has 1 aliphatic rings. The Balaban J connectivity index is 0.00000144. The van der Waals surface area contributed by atoms with Crippen LogP contribution in [0.2, 0.25) is 0 Å². The average Bonchev–Trinajstić information content (AvgIpc) is 2.58. The lowest BCUT2D eigenvalue weighted by atomic mass is 10.0. The van der Waals surface area contributed by atoms with Gasteiger partial charge in [-0.05, 0) is 43.5 Å². The van der Waals surface area contributed by atoms with Gasteiger partial charge in [0.2, 0.25) is 0 Å². The van der Waals surface area contributed by atoms with Crippen LogP contribution in [-0.2, 0) is 6.42 Å². The summed E-state index contributed by atoms with van der Waals surface area (Å²) in [6, 6.07) is 9.06. The van der Waals surface area contributed by atoms with E-state index >= 15 is 0 Å². The van der Waals surface area contributed by atoms with Gasteiger partial charge in [0, 0.05) is 6.04 Å². The van der Waals surface area contributed by atoms with E-state index in [1.54, 1.807) is 7.11 Å². The monoisotopic (exact) mass is 255 g/mol. The Morgan fingerprint density at radius 1 is 1.29 bits per heavy atom. The van der Waals surface area contributed by atoms with Gasteiger partial charge in [0.05, 0.1) is 7.11 Å². The van der Waals surface area contributed by atoms with Gasteiger partial charge in [-0.15, -0.1) is 12.4 Å². The summed E-state index contributed by atoms with van der Waals surface area (Å²) in [5.41, 5.74) is 1.37. The molecule has 1 heterocycles. The molecule has 1 aromatic rings. The smallest absolute Gasteiger partial charge is 0.119 e. The Kier molecular flexibility index (Phi) is 6.38. The minimum atomic E-state index is 0. The molecule has 1 N–H and O–H groups in total. The molecule has 0 aliphatic carbocycles. The average molecular weight is 256 g/mol. The fourth-order valence-corrected chi connectivity index (χ4v) is 2.36. The highest BCUT2D eigenvalue weighted by Gasteiger charge is 2.11. The number of halogens is 1. The van der Waals surface area contributed by atoms with Crippen LogP contribution in [-0.4, -0.2) is 19.7 Å². The Labute approximate surface area is 110 Å². The van der Waals surface area contributed by atoms with Gasteiger partial charge in [0.1, 0.15) is 5.75 Å². The zero-order valence-electron chi connectivity index (χ0n) is 10.4. The summed E-state index contributed by atoms with van der Waals surface area (Å²) >= 11 is 0. The van der Waals surface area contributed by atoms with E-state index < -0.39 is 0 Å². The van der Waals surface area contributed by atoms with Gasteiger partial charge < -0.3 is 10.1 Å². The maximum absolute atomic E-state index is 5.25. The zero-order chi connectivity index (χ0) is 11.2. The van der Waals surface area contributed by atoms with E-state index in [2.05, 4.69) is 23.5 Å². The molecule has 0 aromatic heterocycles. The van der Waals surface area contributed by atoms with Crippen molar-refractivity contribution in [3.8, 4) is 5.75 Å². The SMILES string of the molecule is COc1cccc(CC2CCCCCN2)c1.Cl. The first kappa shape index (κ1) is 14.3. The molecule has 1 saturated heterocycles. The van der Waals surface area contributed by atoms with Crippen molar-refractivity contribution in [2.45, 2.75) is 38.1 Å². The lowest BCUT2D eigenvalue weighted by Crippen LogP contribution is -2.30. The van der Waals surface area contributed by atoms with Crippen LogP contribution < -0.4 is 10.1 Å². The minimum absolute atomic E-state index is 0. The maximum atomic E-state index is 5.25. The predicted octanol–water partition coefficient (Wildman–Crippen LogP) is 3.19. The largest absolute Gasteiger partial charge is 0.497 e. The predicted molar refractivity (Wildman–Crippen MR) is 74.2 cm³/mol. The molecule has 17 heavy (non-hydrogen) atoms. The Hall–Kier alpha value is -0.730. The molecule has 0 radical (unpaired) electrons. The summed E-state index contributed by atoms with van der Waals surface area (Å²) in [7, 11) is 1.73. The van der Waals surface area contributed by atoms with E-state index in [4.69, 9.17) is 4.74 Å². The van der Waals surface area contributed by atoms with Crippen LogP contribution in [0.25, 0.3) is 0 Å². The van der Waals surface area contributed by atoms with E-state index in [9.17, 15) is 0 Å². The summed E-state index contributed by atoms with van der Waals surface area (Å²) in [4.78, 5) is 0. The van der Waals surface area contributed by atoms with Crippen molar-refractivity contribution >= 4 is 12.4 Å². The van der Waals surface area contributed by atoms with E-state index in [1.807, 2.05) is 6.07 Å². The van der Waals surface area contributed by atoms with Gasteiger partial charge in [-0.1, -0.05) is 25.0 Å². The molecule has 0 saturated carbocycles. The first-order valence-corrected chi connectivity index (χ1v) is 6.25. The van der Waals surface area contributed by atoms with Crippen molar-refractivity contribution in [1.82, 2.24) is 5.32 Å². The number of nitrogens with one attached hydrogen (secondary N) is 1. The second-order valence-electron chi connectivity index (χ2n) is 4.56. The molecule has 2 nitrogen and oxygen atoms in total. The number of methoxy groups -OCH3 is 1. The van der Waals surface area contributed by atoms with Gasteiger partial charge in [-0.3, -0.25) is 0 Å². The lowest BCUT2D eigenvalue weighted by molar-refractivity contribution is 0.413. The zero-order valence-corrected chi connectivity index (χ0v) is 11.3. The van der Waals surface area contributed by atoms with Crippen LogP contribution in [0.5, 0.6) is 5.75 Å². The minimum Gasteiger partial charge on any atom is -0.497 e. The van der Waals surface area contributed by atoms with Crippen LogP contribution in [0.3, 0.4) is 0 Å². The third-order valence-electron chi connectivity index (χ3n) is 3.28. The van der Waals surface area contributed by atoms with E-state index in [1.165, 1.54) is 37.8 Å². The van der Waals surface area contributed by atoms with Crippen molar-refractivity contribution in [3.05, 3.63) is 29.8 Å². The number of ether oxygens (including phenoxy) is 1. The van der Waals surface area contributed by atoms with Crippen molar-refractivity contribution in [1.29, 1.82) is 0 Å². The molecule has 96 valence electrons. The van der Waals surface area contributed by atoms with Crippen molar-refractivity contribution in [2.75, 3.05) is 13.7 Å². The molecular formula is C14H22ClNO. The number of hydrogen-bond donors (Lipinski definition) is 1. The Bertz CT molecular complexity index is 322. The molecule has 2 rings (SSSR count). The Morgan fingerprint density at radius 3 is 3.00 bits per heavy atom. The van der Waals surface area contributed by atoms with Gasteiger partial charge in [0.25, 0.3) is 0 Å². The number of benzene rings is 1. The fourth-order valence-electron chi connectivity index (χ4n) is 2.36. The van der Waals surface area contributed by atoms with Crippen LogP contribution in [0.15, 0.2) is 24.3 Å². The third kappa shape index (κ3) is 4.57. The van der Waals surface area contributed by atoms with Crippen molar-refractivity contribution in [3.63, 3.8) is 0 Å².